The maximum absolute atomic E-state index is 11.0. The van der Waals surface area contributed by atoms with Gasteiger partial charge in [-0.1, -0.05) is 12.8 Å². The Bertz CT molecular complexity index is 476. The summed E-state index contributed by atoms with van der Waals surface area (Å²) in [6.07, 6.45) is 3.57. The summed E-state index contributed by atoms with van der Waals surface area (Å²) in [4.78, 5) is 21.0. The van der Waals surface area contributed by atoms with Gasteiger partial charge in [0.15, 0.2) is 0 Å². The maximum Gasteiger partial charge on any atom is 0.342 e. The number of carboxylic acid groups (broad SMARTS) is 1. The standard InChI is InChI=1S/C13H18N2O5/c16-8-4-2-1-3-7-14-10-5-6-12(15(19)20)11(9-10)13(17)18/h5-6,9,14,16H,1-4,7-8H2,(H,17,18). The molecular weight excluding hydrogens is 264 g/mol. The van der Waals surface area contributed by atoms with Crippen molar-refractivity contribution in [1.29, 1.82) is 0 Å². The lowest BCUT2D eigenvalue weighted by molar-refractivity contribution is -0.385. The number of anilines is 1. The molecule has 0 amide bonds. The van der Waals surface area contributed by atoms with Gasteiger partial charge in [0.05, 0.1) is 4.92 Å². The van der Waals surface area contributed by atoms with Crippen molar-refractivity contribution in [3.8, 4) is 0 Å². The zero-order valence-electron chi connectivity index (χ0n) is 11.0. The van der Waals surface area contributed by atoms with E-state index in [4.69, 9.17) is 10.2 Å². The van der Waals surface area contributed by atoms with Crippen LogP contribution >= 0.6 is 0 Å². The Kier molecular flexibility index (Phi) is 6.45. The Hall–Kier alpha value is -2.15. The third kappa shape index (κ3) is 4.85. The van der Waals surface area contributed by atoms with Gasteiger partial charge in [-0.3, -0.25) is 10.1 Å². The maximum atomic E-state index is 11.0. The molecule has 0 aromatic heterocycles. The monoisotopic (exact) mass is 282 g/mol. The molecule has 0 spiro atoms. The molecule has 0 aliphatic carbocycles. The number of nitro benzene ring substituents is 1. The van der Waals surface area contributed by atoms with Crippen LogP contribution in [0.3, 0.4) is 0 Å². The number of benzene rings is 1. The Morgan fingerprint density at radius 2 is 1.95 bits per heavy atom. The van der Waals surface area contributed by atoms with Gasteiger partial charge in [-0.2, -0.15) is 0 Å². The number of aromatic carboxylic acids is 1. The smallest absolute Gasteiger partial charge is 0.342 e. The van der Waals surface area contributed by atoms with E-state index in [9.17, 15) is 14.9 Å². The second kappa shape index (κ2) is 8.11. The van der Waals surface area contributed by atoms with Crippen LogP contribution in [0.5, 0.6) is 0 Å². The first-order valence-electron chi connectivity index (χ1n) is 6.42. The third-order valence-electron chi connectivity index (χ3n) is 2.84. The molecule has 0 aliphatic rings. The average molecular weight is 282 g/mol. The zero-order valence-corrected chi connectivity index (χ0v) is 11.0. The molecule has 0 saturated carbocycles. The molecule has 20 heavy (non-hydrogen) atoms. The van der Waals surface area contributed by atoms with Gasteiger partial charge in [0.25, 0.3) is 5.69 Å². The molecule has 0 bridgehead atoms. The lowest BCUT2D eigenvalue weighted by atomic mass is 10.1. The Morgan fingerprint density at radius 3 is 2.55 bits per heavy atom. The number of nitrogens with zero attached hydrogens (tertiary/aromatic N) is 1. The van der Waals surface area contributed by atoms with Crippen molar-refractivity contribution in [3.05, 3.63) is 33.9 Å². The van der Waals surface area contributed by atoms with Gasteiger partial charge in [0, 0.05) is 24.9 Å². The molecule has 0 radical (unpaired) electrons. The fourth-order valence-electron chi connectivity index (χ4n) is 1.80. The highest BCUT2D eigenvalue weighted by atomic mass is 16.6. The predicted molar refractivity (Wildman–Crippen MR) is 74.1 cm³/mol. The van der Waals surface area contributed by atoms with E-state index in [1.165, 1.54) is 18.2 Å². The molecule has 0 atom stereocenters. The van der Waals surface area contributed by atoms with Crippen LogP contribution in [0.4, 0.5) is 11.4 Å². The molecule has 3 N–H and O–H groups in total. The number of nitrogens with one attached hydrogen (secondary N) is 1. The Morgan fingerprint density at radius 1 is 1.25 bits per heavy atom. The lowest BCUT2D eigenvalue weighted by Gasteiger charge is -2.07. The van der Waals surface area contributed by atoms with Gasteiger partial charge in [-0.05, 0) is 25.0 Å². The van der Waals surface area contributed by atoms with E-state index < -0.39 is 16.6 Å². The van der Waals surface area contributed by atoms with E-state index in [2.05, 4.69) is 5.32 Å². The average Bonchev–Trinajstić information content (AvgIpc) is 2.42. The molecule has 0 aliphatic heterocycles. The van der Waals surface area contributed by atoms with Gasteiger partial charge >= 0.3 is 5.97 Å². The van der Waals surface area contributed by atoms with E-state index in [0.29, 0.717) is 12.2 Å². The van der Waals surface area contributed by atoms with Gasteiger partial charge < -0.3 is 15.5 Å². The van der Waals surface area contributed by atoms with Crippen molar-refractivity contribution in [2.45, 2.75) is 25.7 Å². The van der Waals surface area contributed by atoms with Crippen LogP contribution in [0.2, 0.25) is 0 Å². The molecule has 0 unspecified atom stereocenters. The van der Waals surface area contributed by atoms with E-state index in [1.807, 2.05) is 0 Å². The zero-order chi connectivity index (χ0) is 15.0. The molecular formula is C13H18N2O5. The van der Waals surface area contributed by atoms with E-state index in [0.717, 1.165) is 25.7 Å². The number of rotatable bonds is 9. The number of hydrogen-bond donors (Lipinski definition) is 3. The molecule has 7 nitrogen and oxygen atoms in total. The third-order valence-corrected chi connectivity index (χ3v) is 2.84. The van der Waals surface area contributed by atoms with Gasteiger partial charge in [0.1, 0.15) is 5.56 Å². The Balaban J connectivity index is 2.57. The minimum Gasteiger partial charge on any atom is -0.477 e. The van der Waals surface area contributed by atoms with Crippen LogP contribution in [-0.2, 0) is 0 Å². The van der Waals surface area contributed by atoms with Gasteiger partial charge in [-0.15, -0.1) is 0 Å². The minimum atomic E-state index is -1.32. The van der Waals surface area contributed by atoms with Crippen molar-refractivity contribution in [1.82, 2.24) is 0 Å². The molecule has 1 aromatic rings. The summed E-state index contributed by atoms with van der Waals surface area (Å²) in [5, 5.41) is 31.3. The highest BCUT2D eigenvalue weighted by molar-refractivity contribution is 5.93. The first-order valence-corrected chi connectivity index (χ1v) is 6.42. The second-order valence-electron chi connectivity index (χ2n) is 4.36. The number of hydrogen-bond acceptors (Lipinski definition) is 5. The molecule has 110 valence electrons. The van der Waals surface area contributed by atoms with Crippen molar-refractivity contribution in [2.75, 3.05) is 18.5 Å². The first kappa shape index (κ1) is 15.9. The second-order valence-corrected chi connectivity index (χ2v) is 4.36. The summed E-state index contributed by atoms with van der Waals surface area (Å²) < 4.78 is 0. The van der Waals surface area contributed by atoms with E-state index >= 15 is 0 Å². The summed E-state index contributed by atoms with van der Waals surface area (Å²) in [5.41, 5.74) is -0.179. The van der Waals surface area contributed by atoms with Crippen LogP contribution in [0.1, 0.15) is 36.0 Å². The Labute approximate surface area is 116 Å². The van der Waals surface area contributed by atoms with Gasteiger partial charge in [0.2, 0.25) is 0 Å². The van der Waals surface area contributed by atoms with E-state index in [1.54, 1.807) is 0 Å². The number of carboxylic acids is 1. The fraction of sp³-hybridized carbons (Fsp3) is 0.462. The summed E-state index contributed by atoms with van der Waals surface area (Å²) in [7, 11) is 0. The van der Waals surface area contributed by atoms with Crippen molar-refractivity contribution >= 4 is 17.3 Å². The van der Waals surface area contributed by atoms with Crippen LogP contribution in [-0.4, -0.2) is 34.3 Å². The largest absolute Gasteiger partial charge is 0.477 e. The van der Waals surface area contributed by atoms with Crippen LogP contribution < -0.4 is 5.32 Å². The number of aliphatic hydroxyl groups excluding tert-OH is 1. The van der Waals surface area contributed by atoms with Crippen molar-refractivity contribution in [2.24, 2.45) is 0 Å². The topological polar surface area (TPSA) is 113 Å². The number of nitro groups is 1. The van der Waals surface area contributed by atoms with Crippen molar-refractivity contribution in [3.63, 3.8) is 0 Å². The highest BCUT2D eigenvalue weighted by Crippen LogP contribution is 2.22. The number of unbranched alkanes of at least 4 members (excludes halogenated alkanes) is 3. The molecule has 7 heteroatoms. The van der Waals surface area contributed by atoms with Gasteiger partial charge in [-0.25, -0.2) is 4.79 Å². The molecule has 0 heterocycles. The summed E-state index contributed by atoms with van der Waals surface area (Å²) >= 11 is 0. The molecule has 1 rings (SSSR count). The SMILES string of the molecule is O=C(O)c1cc(NCCCCCCO)ccc1[N+](=O)[O-]. The molecule has 0 saturated heterocycles. The normalized spacial score (nSPS) is 10.2. The number of aliphatic hydroxyl groups is 1. The van der Waals surface area contributed by atoms with E-state index in [-0.39, 0.29) is 12.2 Å². The summed E-state index contributed by atoms with van der Waals surface area (Å²) in [6, 6.07) is 3.96. The molecule has 0 fully saturated rings. The van der Waals surface area contributed by atoms with Crippen molar-refractivity contribution < 1.29 is 19.9 Å². The van der Waals surface area contributed by atoms with Crippen LogP contribution in [0, 0.1) is 10.1 Å². The number of carbonyl (C=O) groups is 1. The quantitative estimate of drug-likeness (QED) is 0.364. The van der Waals surface area contributed by atoms with Crippen LogP contribution in [0.25, 0.3) is 0 Å². The summed E-state index contributed by atoms with van der Waals surface area (Å²) in [5.74, 6) is -1.32. The highest BCUT2D eigenvalue weighted by Gasteiger charge is 2.19. The minimum absolute atomic E-state index is 0.192. The first-order chi connectivity index (χ1) is 9.56. The summed E-state index contributed by atoms with van der Waals surface area (Å²) in [6.45, 7) is 0.847. The lowest BCUT2D eigenvalue weighted by Crippen LogP contribution is -2.06. The molecule has 1 aromatic carbocycles. The van der Waals surface area contributed by atoms with Crippen LogP contribution in [0.15, 0.2) is 18.2 Å². The predicted octanol–water partition coefficient (Wildman–Crippen LogP) is 2.26. The fourth-order valence-corrected chi connectivity index (χ4v) is 1.80.